The largest absolute Gasteiger partial charge is 0.317 e. The SMILES string of the molecule is O=C(C=Cc1ccccc1)N(O)CCCCN(O)CCCNO. The summed E-state index contributed by atoms with van der Waals surface area (Å²) in [7, 11) is 0. The maximum absolute atomic E-state index is 11.7. The van der Waals surface area contributed by atoms with Gasteiger partial charge in [-0.2, -0.15) is 5.06 Å². The standard InChI is InChI=1S/C16H25N3O4/c20-16(10-9-15-7-2-1-3-8-15)19(23)14-5-4-12-18(22)13-6-11-17-21/h1-3,7-10,17,21-23H,4-6,11-14H2. The molecule has 7 heteroatoms. The zero-order valence-corrected chi connectivity index (χ0v) is 13.1. The molecule has 1 rings (SSSR count). The number of rotatable bonds is 11. The van der Waals surface area contributed by atoms with Gasteiger partial charge in [0.25, 0.3) is 5.91 Å². The number of hydrogen-bond donors (Lipinski definition) is 4. The fourth-order valence-electron chi connectivity index (χ4n) is 1.94. The summed E-state index contributed by atoms with van der Waals surface area (Å²) >= 11 is 0. The van der Waals surface area contributed by atoms with Crippen LogP contribution in [-0.4, -0.2) is 57.8 Å². The zero-order chi connectivity index (χ0) is 16.9. The molecule has 4 N–H and O–H groups in total. The lowest BCUT2D eigenvalue weighted by atomic mass is 10.2. The Morgan fingerprint density at radius 1 is 1.04 bits per heavy atom. The van der Waals surface area contributed by atoms with Gasteiger partial charge in [0.2, 0.25) is 0 Å². The topological polar surface area (TPSA) is 96.3 Å². The van der Waals surface area contributed by atoms with Crippen LogP contribution in [0.1, 0.15) is 24.8 Å². The van der Waals surface area contributed by atoms with Crippen LogP contribution in [0, 0.1) is 0 Å². The van der Waals surface area contributed by atoms with Crippen LogP contribution in [-0.2, 0) is 4.79 Å². The molecule has 0 saturated heterocycles. The summed E-state index contributed by atoms with van der Waals surface area (Å²) in [6.45, 7) is 1.54. The third kappa shape index (κ3) is 9.07. The van der Waals surface area contributed by atoms with Gasteiger partial charge in [-0.15, -0.1) is 0 Å². The minimum absolute atomic E-state index is 0.212. The van der Waals surface area contributed by atoms with Crippen LogP contribution in [0.15, 0.2) is 36.4 Å². The number of amides is 1. The van der Waals surface area contributed by atoms with E-state index in [0.717, 1.165) is 10.6 Å². The quantitative estimate of drug-likeness (QED) is 0.214. The van der Waals surface area contributed by atoms with E-state index in [1.165, 1.54) is 6.08 Å². The second-order valence-corrected chi connectivity index (χ2v) is 5.13. The van der Waals surface area contributed by atoms with Crippen molar-refractivity contribution in [2.24, 2.45) is 0 Å². The predicted octanol–water partition coefficient (Wildman–Crippen LogP) is 1.76. The molecule has 0 radical (unpaired) electrons. The summed E-state index contributed by atoms with van der Waals surface area (Å²) in [5.41, 5.74) is 2.91. The lowest BCUT2D eigenvalue weighted by molar-refractivity contribution is -0.159. The highest BCUT2D eigenvalue weighted by Crippen LogP contribution is 2.02. The first kappa shape index (κ1) is 19.3. The van der Waals surface area contributed by atoms with Crippen LogP contribution in [0.5, 0.6) is 0 Å². The lowest BCUT2D eigenvalue weighted by Gasteiger charge is -2.16. The average Bonchev–Trinajstić information content (AvgIpc) is 2.57. The average molecular weight is 323 g/mol. The summed E-state index contributed by atoms with van der Waals surface area (Å²) in [5, 5.41) is 29.4. The van der Waals surface area contributed by atoms with Gasteiger partial charge in [0.1, 0.15) is 0 Å². The van der Waals surface area contributed by atoms with Gasteiger partial charge in [0.15, 0.2) is 0 Å². The fraction of sp³-hybridized carbons (Fsp3) is 0.438. The van der Waals surface area contributed by atoms with Crippen LogP contribution in [0.3, 0.4) is 0 Å². The van der Waals surface area contributed by atoms with E-state index in [1.807, 2.05) is 35.8 Å². The van der Waals surface area contributed by atoms with E-state index >= 15 is 0 Å². The molecule has 23 heavy (non-hydrogen) atoms. The van der Waals surface area contributed by atoms with Gasteiger partial charge >= 0.3 is 0 Å². The van der Waals surface area contributed by atoms with E-state index in [2.05, 4.69) is 0 Å². The third-order valence-corrected chi connectivity index (χ3v) is 3.21. The summed E-state index contributed by atoms with van der Waals surface area (Å²) < 4.78 is 0. The molecule has 128 valence electrons. The minimum atomic E-state index is -0.469. The van der Waals surface area contributed by atoms with Crippen LogP contribution in [0.25, 0.3) is 6.08 Å². The first-order chi connectivity index (χ1) is 11.1. The normalized spacial score (nSPS) is 11.3. The Hall–Kier alpha value is -1.77. The Kier molecular flexibility index (Phi) is 9.85. The summed E-state index contributed by atoms with van der Waals surface area (Å²) in [6, 6.07) is 9.37. The number of unbranched alkanes of at least 4 members (excludes halogenated alkanes) is 1. The number of hydrogen-bond acceptors (Lipinski definition) is 6. The summed E-state index contributed by atoms with van der Waals surface area (Å²) in [5.74, 6) is -0.469. The van der Waals surface area contributed by atoms with E-state index in [-0.39, 0.29) is 6.54 Å². The molecular formula is C16H25N3O4. The Balaban J connectivity index is 2.17. The van der Waals surface area contributed by atoms with E-state index in [4.69, 9.17) is 5.21 Å². The minimum Gasteiger partial charge on any atom is -0.317 e. The van der Waals surface area contributed by atoms with Crippen molar-refractivity contribution >= 4 is 12.0 Å². The molecule has 1 aromatic rings. The predicted molar refractivity (Wildman–Crippen MR) is 86.0 cm³/mol. The highest BCUT2D eigenvalue weighted by atomic mass is 16.5. The molecule has 0 aliphatic carbocycles. The van der Waals surface area contributed by atoms with E-state index in [9.17, 15) is 15.2 Å². The summed E-state index contributed by atoms with van der Waals surface area (Å²) in [4.78, 5) is 11.7. The van der Waals surface area contributed by atoms with Crippen molar-refractivity contribution in [3.05, 3.63) is 42.0 Å². The zero-order valence-electron chi connectivity index (χ0n) is 13.1. The van der Waals surface area contributed by atoms with Crippen molar-refractivity contribution in [3.63, 3.8) is 0 Å². The Bertz CT molecular complexity index is 468. The molecule has 0 heterocycles. The second kappa shape index (κ2) is 11.8. The van der Waals surface area contributed by atoms with Crippen molar-refractivity contribution in [2.45, 2.75) is 19.3 Å². The maximum atomic E-state index is 11.7. The third-order valence-electron chi connectivity index (χ3n) is 3.21. The number of carbonyl (C=O) groups is 1. The number of carbonyl (C=O) groups excluding carboxylic acids is 1. The fourth-order valence-corrected chi connectivity index (χ4v) is 1.94. The van der Waals surface area contributed by atoms with Crippen LogP contribution in [0.2, 0.25) is 0 Å². The molecule has 1 aromatic carbocycles. The van der Waals surface area contributed by atoms with Gasteiger partial charge in [0.05, 0.1) is 0 Å². The van der Waals surface area contributed by atoms with Crippen LogP contribution >= 0.6 is 0 Å². The molecule has 0 spiro atoms. The second-order valence-electron chi connectivity index (χ2n) is 5.13. The van der Waals surface area contributed by atoms with Gasteiger partial charge in [-0.3, -0.25) is 10.0 Å². The Morgan fingerprint density at radius 3 is 2.39 bits per heavy atom. The molecule has 7 nitrogen and oxygen atoms in total. The first-order valence-electron chi connectivity index (χ1n) is 7.67. The van der Waals surface area contributed by atoms with Gasteiger partial charge in [0, 0.05) is 32.3 Å². The highest BCUT2D eigenvalue weighted by molar-refractivity contribution is 5.90. The van der Waals surface area contributed by atoms with Crippen molar-refractivity contribution in [3.8, 4) is 0 Å². The van der Waals surface area contributed by atoms with Crippen molar-refractivity contribution < 1.29 is 20.4 Å². The van der Waals surface area contributed by atoms with Gasteiger partial charge < -0.3 is 10.4 Å². The van der Waals surface area contributed by atoms with E-state index in [0.29, 0.717) is 44.0 Å². The molecular weight excluding hydrogens is 298 g/mol. The molecule has 1 amide bonds. The molecule has 0 atom stereocenters. The van der Waals surface area contributed by atoms with Crippen molar-refractivity contribution in [1.82, 2.24) is 15.6 Å². The van der Waals surface area contributed by atoms with E-state index in [1.54, 1.807) is 6.08 Å². The van der Waals surface area contributed by atoms with Gasteiger partial charge in [-0.1, -0.05) is 30.3 Å². The smallest absolute Gasteiger partial charge is 0.269 e. The van der Waals surface area contributed by atoms with E-state index < -0.39 is 5.91 Å². The van der Waals surface area contributed by atoms with Gasteiger partial charge in [-0.25, -0.2) is 10.5 Å². The molecule has 0 saturated carbocycles. The first-order valence-corrected chi connectivity index (χ1v) is 7.67. The molecule has 0 unspecified atom stereocenters. The molecule has 0 aliphatic rings. The monoisotopic (exact) mass is 323 g/mol. The number of nitrogens with zero attached hydrogens (tertiary/aromatic N) is 2. The Morgan fingerprint density at radius 2 is 1.70 bits per heavy atom. The van der Waals surface area contributed by atoms with Crippen LogP contribution in [0.4, 0.5) is 0 Å². The van der Waals surface area contributed by atoms with Crippen molar-refractivity contribution in [1.29, 1.82) is 0 Å². The molecule has 0 fully saturated rings. The van der Waals surface area contributed by atoms with Gasteiger partial charge in [-0.05, 0) is 30.9 Å². The Labute approximate surface area is 136 Å². The number of benzene rings is 1. The molecule has 0 bridgehead atoms. The number of hydroxylamine groups is 5. The lowest BCUT2D eigenvalue weighted by Crippen LogP contribution is -2.28. The van der Waals surface area contributed by atoms with Crippen LogP contribution < -0.4 is 5.48 Å². The maximum Gasteiger partial charge on any atom is 0.269 e. The number of nitrogens with one attached hydrogen (secondary N) is 1. The summed E-state index contributed by atoms with van der Waals surface area (Å²) in [6.07, 6.45) is 4.83. The molecule has 0 aliphatic heterocycles. The van der Waals surface area contributed by atoms with Crippen molar-refractivity contribution in [2.75, 3.05) is 26.2 Å². The molecule has 0 aromatic heterocycles. The highest BCUT2D eigenvalue weighted by Gasteiger charge is 2.07.